The van der Waals surface area contributed by atoms with E-state index < -0.39 is 30.6 Å². The molecule has 3 heterocycles. The predicted molar refractivity (Wildman–Crippen MR) is 119 cm³/mol. The highest BCUT2D eigenvalue weighted by atomic mass is 19.3. The third kappa shape index (κ3) is 3.97. The minimum Gasteiger partial charge on any atom is -0.348 e. The molecule has 0 N–H and O–H groups in total. The largest absolute Gasteiger partial charge is 0.348 e. The summed E-state index contributed by atoms with van der Waals surface area (Å²) in [4.78, 5) is 9.48. The molecule has 1 saturated heterocycles. The summed E-state index contributed by atoms with van der Waals surface area (Å²) in [6.07, 6.45) is 0.136. The Hall–Kier alpha value is -3.56. The lowest BCUT2D eigenvalue weighted by molar-refractivity contribution is 0.0256. The van der Waals surface area contributed by atoms with Gasteiger partial charge >= 0.3 is 5.92 Å². The predicted octanol–water partition coefficient (Wildman–Crippen LogP) is 4.63. The third-order valence-corrected chi connectivity index (χ3v) is 5.94. The summed E-state index contributed by atoms with van der Waals surface area (Å²) in [6.45, 7) is 3.47. The standard InChI is InChI=1S/C24H21F4N6/c1-2-16-8-6-7-9-17(16)14-34-21-19(31-32-34)20(33-13-12-23(25,26)15-33)29-22(30-21)24(27,28)18-10-4-3-5-11-18/h3-11H,1-2,12-15H2. The van der Waals surface area contributed by atoms with Crippen molar-refractivity contribution in [2.45, 2.75) is 31.2 Å². The molecule has 0 saturated carbocycles. The van der Waals surface area contributed by atoms with Gasteiger partial charge in [0.2, 0.25) is 5.82 Å². The molecule has 0 bridgehead atoms. The van der Waals surface area contributed by atoms with Gasteiger partial charge in [-0.05, 0) is 24.5 Å². The zero-order valence-electron chi connectivity index (χ0n) is 18.1. The van der Waals surface area contributed by atoms with Gasteiger partial charge < -0.3 is 4.90 Å². The number of rotatable bonds is 6. The van der Waals surface area contributed by atoms with E-state index in [1.807, 2.05) is 24.3 Å². The number of aromatic nitrogens is 5. The van der Waals surface area contributed by atoms with E-state index in [0.29, 0.717) is 6.42 Å². The van der Waals surface area contributed by atoms with Gasteiger partial charge in [0.25, 0.3) is 5.92 Å². The molecule has 0 spiro atoms. The van der Waals surface area contributed by atoms with Gasteiger partial charge in [0.15, 0.2) is 17.0 Å². The van der Waals surface area contributed by atoms with Crippen molar-refractivity contribution in [1.29, 1.82) is 0 Å². The van der Waals surface area contributed by atoms with Crippen molar-refractivity contribution in [3.63, 3.8) is 0 Å². The van der Waals surface area contributed by atoms with Gasteiger partial charge in [-0.1, -0.05) is 59.8 Å². The lowest BCUT2D eigenvalue weighted by Crippen LogP contribution is -2.28. The molecule has 34 heavy (non-hydrogen) atoms. The molecule has 1 fully saturated rings. The Labute approximate surface area is 193 Å². The van der Waals surface area contributed by atoms with E-state index in [-0.39, 0.29) is 35.6 Å². The van der Waals surface area contributed by atoms with Crippen molar-refractivity contribution >= 4 is 17.0 Å². The maximum absolute atomic E-state index is 15.5. The van der Waals surface area contributed by atoms with Crippen LogP contribution in [0.3, 0.4) is 0 Å². The Morgan fingerprint density at radius 1 is 0.971 bits per heavy atom. The van der Waals surface area contributed by atoms with E-state index in [9.17, 15) is 8.78 Å². The minimum atomic E-state index is -3.55. The number of halogens is 4. The van der Waals surface area contributed by atoms with Crippen LogP contribution >= 0.6 is 0 Å². The molecule has 1 aliphatic heterocycles. The summed E-state index contributed by atoms with van der Waals surface area (Å²) in [5.74, 6) is -7.34. The second-order valence-corrected chi connectivity index (χ2v) is 8.28. The van der Waals surface area contributed by atoms with Crippen LogP contribution in [0.1, 0.15) is 28.9 Å². The van der Waals surface area contributed by atoms with Crippen LogP contribution in [0, 0.1) is 6.92 Å². The molecule has 6 nitrogen and oxygen atoms in total. The van der Waals surface area contributed by atoms with Crippen LogP contribution in [0.2, 0.25) is 0 Å². The molecule has 4 aromatic rings. The maximum Gasteiger partial charge on any atom is 0.331 e. The van der Waals surface area contributed by atoms with Gasteiger partial charge in [0, 0.05) is 18.5 Å². The van der Waals surface area contributed by atoms with Gasteiger partial charge in [0.1, 0.15) is 0 Å². The molecule has 0 atom stereocenters. The van der Waals surface area contributed by atoms with E-state index in [1.165, 1.54) is 33.8 Å². The van der Waals surface area contributed by atoms with Crippen molar-refractivity contribution in [2.75, 3.05) is 18.0 Å². The van der Waals surface area contributed by atoms with Crippen molar-refractivity contribution in [1.82, 2.24) is 25.0 Å². The zero-order chi connectivity index (χ0) is 23.9. The molecule has 2 aromatic carbocycles. The summed E-state index contributed by atoms with van der Waals surface area (Å²) in [7, 11) is 0. The first-order valence-corrected chi connectivity index (χ1v) is 10.8. The molecule has 2 aromatic heterocycles. The maximum atomic E-state index is 15.5. The normalized spacial score (nSPS) is 15.9. The summed E-state index contributed by atoms with van der Waals surface area (Å²) >= 11 is 0. The van der Waals surface area contributed by atoms with E-state index in [4.69, 9.17) is 0 Å². The molecule has 1 aliphatic rings. The number of fused-ring (bicyclic) bond motifs is 1. The molecular weight excluding hydrogens is 448 g/mol. The highest BCUT2D eigenvalue weighted by Gasteiger charge is 2.43. The Bertz CT molecular complexity index is 1320. The fourth-order valence-electron chi connectivity index (χ4n) is 4.12. The third-order valence-electron chi connectivity index (χ3n) is 5.94. The molecular formula is C24H21F4N6. The zero-order valence-corrected chi connectivity index (χ0v) is 18.1. The molecule has 0 unspecified atom stereocenters. The lowest BCUT2D eigenvalue weighted by atomic mass is 10.1. The Morgan fingerprint density at radius 2 is 1.68 bits per heavy atom. The van der Waals surface area contributed by atoms with E-state index in [2.05, 4.69) is 27.2 Å². The Morgan fingerprint density at radius 3 is 2.35 bits per heavy atom. The number of nitrogens with zero attached hydrogens (tertiary/aromatic N) is 6. The molecule has 0 amide bonds. The Balaban J connectivity index is 1.66. The number of benzene rings is 2. The Kier molecular flexibility index (Phi) is 5.45. The smallest absolute Gasteiger partial charge is 0.331 e. The quantitative estimate of drug-likeness (QED) is 0.386. The average Bonchev–Trinajstić information content (AvgIpc) is 3.42. The first kappa shape index (κ1) is 22.2. The number of hydrogen-bond donors (Lipinski definition) is 0. The number of hydrogen-bond acceptors (Lipinski definition) is 5. The monoisotopic (exact) mass is 469 g/mol. The van der Waals surface area contributed by atoms with Crippen LogP contribution in [0.5, 0.6) is 0 Å². The van der Waals surface area contributed by atoms with Gasteiger partial charge in [0.05, 0.1) is 13.1 Å². The summed E-state index contributed by atoms with van der Waals surface area (Å²) < 4.78 is 60.3. The average molecular weight is 469 g/mol. The van der Waals surface area contributed by atoms with Crippen LogP contribution < -0.4 is 4.90 Å². The van der Waals surface area contributed by atoms with Gasteiger partial charge in [-0.3, -0.25) is 0 Å². The fourth-order valence-corrected chi connectivity index (χ4v) is 4.12. The first-order valence-electron chi connectivity index (χ1n) is 10.8. The first-order chi connectivity index (χ1) is 16.3. The van der Waals surface area contributed by atoms with Gasteiger partial charge in [-0.2, -0.15) is 8.78 Å². The van der Waals surface area contributed by atoms with E-state index in [0.717, 1.165) is 11.1 Å². The van der Waals surface area contributed by atoms with E-state index >= 15 is 8.78 Å². The molecule has 175 valence electrons. The highest BCUT2D eigenvalue weighted by Crippen LogP contribution is 2.38. The number of anilines is 1. The molecule has 0 aliphatic carbocycles. The van der Waals surface area contributed by atoms with Crippen molar-refractivity contribution in [2.24, 2.45) is 0 Å². The van der Waals surface area contributed by atoms with Crippen molar-refractivity contribution in [3.8, 4) is 0 Å². The van der Waals surface area contributed by atoms with E-state index in [1.54, 1.807) is 6.07 Å². The fraction of sp³-hybridized carbons (Fsp3) is 0.292. The lowest BCUT2D eigenvalue weighted by Gasteiger charge is -2.21. The van der Waals surface area contributed by atoms with Crippen LogP contribution in [0.4, 0.5) is 23.4 Å². The molecule has 1 radical (unpaired) electrons. The van der Waals surface area contributed by atoms with Crippen LogP contribution in [0.25, 0.3) is 11.2 Å². The summed E-state index contributed by atoms with van der Waals surface area (Å²) in [5.41, 5.74) is 1.72. The van der Waals surface area contributed by atoms with Crippen LogP contribution in [0.15, 0.2) is 54.6 Å². The second-order valence-electron chi connectivity index (χ2n) is 8.28. The van der Waals surface area contributed by atoms with Crippen molar-refractivity contribution in [3.05, 3.63) is 84.0 Å². The van der Waals surface area contributed by atoms with Crippen molar-refractivity contribution < 1.29 is 17.6 Å². The minimum absolute atomic E-state index is 0.0351. The van der Waals surface area contributed by atoms with Gasteiger partial charge in [-0.25, -0.2) is 23.4 Å². The second kappa shape index (κ2) is 8.34. The van der Waals surface area contributed by atoms with Gasteiger partial charge in [-0.15, -0.1) is 5.10 Å². The molecule has 5 rings (SSSR count). The SMILES string of the molecule is [CH2]Cc1ccccc1Cn1nnc2c(N3CCC(F)(F)C3)nc(C(F)(F)c3ccccc3)nc21. The van der Waals surface area contributed by atoms with Crippen LogP contribution in [-0.2, 0) is 18.9 Å². The topological polar surface area (TPSA) is 59.7 Å². The highest BCUT2D eigenvalue weighted by molar-refractivity contribution is 5.83. The van der Waals surface area contributed by atoms with Crippen LogP contribution in [-0.4, -0.2) is 44.0 Å². The molecule has 10 heteroatoms. The summed E-state index contributed by atoms with van der Waals surface area (Å²) in [5, 5.41) is 8.21. The summed E-state index contributed by atoms with van der Waals surface area (Å²) in [6, 6.07) is 14.7. The number of alkyl halides is 4.